The molecule has 0 radical (unpaired) electrons. The van der Waals surface area contributed by atoms with Gasteiger partial charge in [-0.3, -0.25) is 0 Å². The van der Waals surface area contributed by atoms with E-state index in [1.165, 1.54) is 17.8 Å². The molecule has 0 aliphatic heterocycles. The third kappa shape index (κ3) is 3.94. The molecule has 0 heterocycles. The summed E-state index contributed by atoms with van der Waals surface area (Å²) in [5.74, 6) is -0.840. The zero-order valence-corrected chi connectivity index (χ0v) is 10.6. The molecular formula is C12H13F3O2S. The van der Waals surface area contributed by atoms with Crippen molar-refractivity contribution in [2.75, 3.05) is 5.75 Å². The van der Waals surface area contributed by atoms with Crippen LogP contribution in [0.4, 0.5) is 13.2 Å². The molecule has 0 saturated heterocycles. The van der Waals surface area contributed by atoms with Gasteiger partial charge in [-0.05, 0) is 30.4 Å². The lowest BCUT2D eigenvalue weighted by atomic mass is 10.1. The first-order valence-corrected chi connectivity index (χ1v) is 6.42. The largest absolute Gasteiger partial charge is 0.478 e. The van der Waals surface area contributed by atoms with Crippen LogP contribution in [-0.4, -0.2) is 16.8 Å². The van der Waals surface area contributed by atoms with E-state index in [-0.39, 0.29) is 0 Å². The second-order valence-corrected chi connectivity index (χ2v) is 4.88. The number of halogens is 3. The Hall–Kier alpha value is -1.17. The highest BCUT2D eigenvalue weighted by Crippen LogP contribution is 2.35. The van der Waals surface area contributed by atoms with Crippen molar-refractivity contribution < 1.29 is 23.1 Å². The SMILES string of the molecule is CCCCSc1ccc(C(=O)O)c(C(F)(F)F)c1. The second-order valence-electron chi connectivity index (χ2n) is 3.71. The Morgan fingerprint density at radius 3 is 2.56 bits per heavy atom. The average molecular weight is 278 g/mol. The van der Waals surface area contributed by atoms with Crippen molar-refractivity contribution in [3.63, 3.8) is 0 Å². The molecule has 6 heteroatoms. The molecule has 0 bridgehead atoms. The van der Waals surface area contributed by atoms with Gasteiger partial charge in [-0.1, -0.05) is 13.3 Å². The lowest BCUT2D eigenvalue weighted by molar-refractivity contribution is -0.138. The molecule has 2 nitrogen and oxygen atoms in total. The molecule has 0 aliphatic rings. The van der Waals surface area contributed by atoms with Gasteiger partial charge >= 0.3 is 12.1 Å². The highest BCUT2D eigenvalue weighted by atomic mass is 32.2. The summed E-state index contributed by atoms with van der Waals surface area (Å²) in [5.41, 5.74) is -1.79. The number of benzene rings is 1. The van der Waals surface area contributed by atoms with Crippen molar-refractivity contribution >= 4 is 17.7 Å². The van der Waals surface area contributed by atoms with Gasteiger partial charge in [0.1, 0.15) is 0 Å². The van der Waals surface area contributed by atoms with Gasteiger partial charge in [-0.25, -0.2) is 4.79 Å². The van der Waals surface area contributed by atoms with E-state index in [0.717, 1.165) is 30.7 Å². The van der Waals surface area contributed by atoms with Crippen LogP contribution in [0.2, 0.25) is 0 Å². The molecule has 0 unspecified atom stereocenters. The summed E-state index contributed by atoms with van der Waals surface area (Å²) in [6.45, 7) is 2.00. The fraction of sp³-hybridized carbons (Fsp3) is 0.417. The molecule has 1 aromatic carbocycles. The van der Waals surface area contributed by atoms with Crippen LogP contribution in [0.15, 0.2) is 23.1 Å². The highest BCUT2D eigenvalue weighted by Gasteiger charge is 2.35. The van der Waals surface area contributed by atoms with E-state index in [9.17, 15) is 18.0 Å². The fourth-order valence-electron chi connectivity index (χ4n) is 1.37. The van der Waals surface area contributed by atoms with Gasteiger partial charge in [0.05, 0.1) is 11.1 Å². The number of unbranched alkanes of at least 4 members (excludes halogenated alkanes) is 1. The number of hydrogen-bond donors (Lipinski definition) is 1. The van der Waals surface area contributed by atoms with E-state index in [2.05, 4.69) is 0 Å². The molecule has 0 fully saturated rings. The van der Waals surface area contributed by atoms with Gasteiger partial charge in [-0.2, -0.15) is 13.2 Å². The predicted octanol–water partition coefficient (Wildman–Crippen LogP) is 4.30. The molecule has 100 valence electrons. The van der Waals surface area contributed by atoms with Crippen LogP contribution in [-0.2, 0) is 6.18 Å². The summed E-state index contributed by atoms with van der Waals surface area (Å²) in [6.07, 6.45) is -2.77. The van der Waals surface area contributed by atoms with Crippen molar-refractivity contribution in [3.8, 4) is 0 Å². The number of hydrogen-bond acceptors (Lipinski definition) is 2. The lowest BCUT2D eigenvalue weighted by Crippen LogP contribution is -2.12. The quantitative estimate of drug-likeness (QED) is 0.644. The van der Waals surface area contributed by atoms with Crippen molar-refractivity contribution in [1.29, 1.82) is 0 Å². The summed E-state index contributed by atoms with van der Waals surface area (Å²) in [6, 6.07) is 3.34. The van der Waals surface area contributed by atoms with E-state index in [0.29, 0.717) is 4.90 Å². The maximum Gasteiger partial charge on any atom is 0.417 e. The Balaban J connectivity index is 3.02. The van der Waals surface area contributed by atoms with E-state index in [1.54, 1.807) is 0 Å². The van der Waals surface area contributed by atoms with Gasteiger partial charge in [0.25, 0.3) is 0 Å². The van der Waals surface area contributed by atoms with Crippen molar-refractivity contribution in [1.82, 2.24) is 0 Å². The molecule has 0 aliphatic carbocycles. The summed E-state index contributed by atoms with van der Waals surface area (Å²) < 4.78 is 38.1. The average Bonchev–Trinajstić information content (AvgIpc) is 2.28. The number of carboxylic acid groups (broad SMARTS) is 1. The first kappa shape index (κ1) is 14.9. The predicted molar refractivity (Wildman–Crippen MR) is 64.0 cm³/mol. The van der Waals surface area contributed by atoms with Gasteiger partial charge in [0.2, 0.25) is 0 Å². The van der Waals surface area contributed by atoms with Crippen LogP contribution in [0.25, 0.3) is 0 Å². The molecule has 0 spiro atoms. The molecule has 1 N–H and O–H groups in total. The van der Waals surface area contributed by atoms with Crippen molar-refractivity contribution in [2.24, 2.45) is 0 Å². The molecule has 1 aromatic rings. The van der Waals surface area contributed by atoms with Crippen LogP contribution >= 0.6 is 11.8 Å². The van der Waals surface area contributed by atoms with E-state index >= 15 is 0 Å². The minimum Gasteiger partial charge on any atom is -0.478 e. The Bertz CT molecular complexity index is 430. The fourth-order valence-corrected chi connectivity index (χ4v) is 2.40. The minimum atomic E-state index is -4.64. The zero-order valence-electron chi connectivity index (χ0n) is 9.75. The van der Waals surface area contributed by atoms with Crippen LogP contribution < -0.4 is 0 Å². The minimum absolute atomic E-state index is 0.445. The third-order valence-corrected chi connectivity index (χ3v) is 3.37. The van der Waals surface area contributed by atoms with Crippen LogP contribution in [0.5, 0.6) is 0 Å². The number of carboxylic acids is 1. The van der Waals surface area contributed by atoms with Crippen LogP contribution in [0.1, 0.15) is 35.7 Å². The topological polar surface area (TPSA) is 37.3 Å². The number of rotatable bonds is 5. The standard InChI is InChI=1S/C12H13F3O2S/c1-2-3-6-18-8-4-5-9(11(16)17)10(7-8)12(13,14)15/h4-5,7H,2-3,6H2,1H3,(H,16,17). The van der Waals surface area contributed by atoms with Crippen molar-refractivity contribution in [2.45, 2.75) is 30.8 Å². The molecular weight excluding hydrogens is 265 g/mol. The second kappa shape index (κ2) is 6.13. The Kier molecular flexibility index (Phi) is 5.07. The van der Waals surface area contributed by atoms with E-state index in [4.69, 9.17) is 5.11 Å². The molecule has 0 saturated carbocycles. The monoisotopic (exact) mass is 278 g/mol. The summed E-state index contributed by atoms with van der Waals surface area (Å²) >= 11 is 1.30. The Labute approximate surface area is 107 Å². The third-order valence-electron chi connectivity index (χ3n) is 2.29. The number of alkyl halides is 3. The lowest BCUT2D eigenvalue weighted by Gasteiger charge is -2.11. The zero-order chi connectivity index (χ0) is 13.8. The van der Waals surface area contributed by atoms with E-state index < -0.39 is 23.3 Å². The smallest absolute Gasteiger partial charge is 0.417 e. The molecule has 18 heavy (non-hydrogen) atoms. The van der Waals surface area contributed by atoms with Gasteiger partial charge < -0.3 is 5.11 Å². The van der Waals surface area contributed by atoms with Gasteiger partial charge in [0, 0.05) is 4.90 Å². The molecule has 1 rings (SSSR count). The Morgan fingerprint density at radius 1 is 1.39 bits per heavy atom. The maximum absolute atomic E-state index is 12.7. The molecule has 0 amide bonds. The first-order valence-electron chi connectivity index (χ1n) is 5.43. The van der Waals surface area contributed by atoms with Crippen molar-refractivity contribution in [3.05, 3.63) is 29.3 Å². The summed E-state index contributed by atoms with van der Waals surface area (Å²) in [5, 5.41) is 8.73. The number of carbonyl (C=O) groups is 1. The Morgan fingerprint density at radius 2 is 2.06 bits per heavy atom. The van der Waals surface area contributed by atoms with Crippen LogP contribution in [0.3, 0.4) is 0 Å². The summed E-state index contributed by atoms with van der Waals surface area (Å²) in [7, 11) is 0. The van der Waals surface area contributed by atoms with Gasteiger partial charge in [-0.15, -0.1) is 11.8 Å². The summed E-state index contributed by atoms with van der Waals surface area (Å²) in [4.78, 5) is 11.2. The van der Waals surface area contributed by atoms with E-state index in [1.807, 2.05) is 6.92 Å². The maximum atomic E-state index is 12.7. The molecule has 0 atom stereocenters. The first-order chi connectivity index (χ1) is 8.36. The molecule has 0 aromatic heterocycles. The highest BCUT2D eigenvalue weighted by molar-refractivity contribution is 7.99. The van der Waals surface area contributed by atoms with Gasteiger partial charge in [0.15, 0.2) is 0 Å². The normalized spacial score (nSPS) is 11.6. The number of thioether (sulfide) groups is 1. The van der Waals surface area contributed by atoms with Crippen LogP contribution in [0, 0.1) is 0 Å². The number of aromatic carboxylic acids is 1.